The molecule has 2 amide bonds. The molecule has 0 radical (unpaired) electrons. The van der Waals surface area contributed by atoms with E-state index in [0.717, 1.165) is 5.06 Å². The van der Waals surface area contributed by atoms with E-state index in [1.54, 1.807) is 31.2 Å². The van der Waals surface area contributed by atoms with Crippen molar-refractivity contribution in [2.24, 2.45) is 0 Å². The number of halogens is 2. The maximum atomic E-state index is 12.3. The van der Waals surface area contributed by atoms with Gasteiger partial charge in [-0.25, -0.2) is 0 Å². The highest BCUT2D eigenvalue weighted by Crippen LogP contribution is 2.38. The fourth-order valence-electron chi connectivity index (χ4n) is 2.33. The molecule has 0 N–H and O–H groups in total. The van der Waals surface area contributed by atoms with Crippen LogP contribution in [0.15, 0.2) is 24.3 Å². The molecule has 0 aliphatic carbocycles. The molecule has 6 heteroatoms. The summed E-state index contributed by atoms with van der Waals surface area (Å²) in [6, 6.07) is 6.33. The quantitative estimate of drug-likeness (QED) is 0.795. The van der Waals surface area contributed by atoms with E-state index in [0.29, 0.717) is 31.9 Å². The van der Waals surface area contributed by atoms with E-state index in [4.69, 9.17) is 28.0 Å². The summed E-state index contributed by atoms with van der Waals surface area (Å²) in [6.45, 7) is 1.92. The van der Waals surface area contributed by atoms with E-state index in [1.807, 2.05) is 0 Å². The van der Waals surface area contributed by atoms with Crippen LogP contribution in [0.4, 0.5) is 0 Å². The van der Waals surface area contributed by atoms with E-state index in [9.17, 15) is 9.59 Å². The number of amides is 2. The molecular formula is C14H9Cl2NO3. The number of benzene rings is 2. The van der Waals surface area contributed by atoms with E-state index in [1.165, 1.54) is 0 Å². The minimum atomic E-state index is -0.506. The van der Waals surface area contributed by atoms with Gasteiger partial charge < -0.3 is 0 Å². The minimum absolute atomic E-state index is 0.219. The van der Waals surface area contributed by atoms with Crippen molar-refractivity contribution in [1.82, 2.24) is 5.06 Å². The fourth-order valence-corrected chi connectivity index (χ4v) is 2.89. The van der Waals surface area contributed by atoms with Crippen molar-refractivity contribution in [2.75, 3.05) is 6.61 Å². The number of hydrogen-bond acceptors (Lipinski definition) is 3. The van der Waals surface area contributed by atoms with Crippen molar-refractivity contribution in [3.8, 4) is 0 Å². The van der Waals surface area contributed by atoms with Gasteiger partial charge in [-0.05, 0) is 31.2 Å². The first-order chi connectivity index (χ1) is 9.56. The Morgan fingerprint density at radius 3 is 1.90 bits per heavy atom. The van der Waals surface area contributed by atoms with Gasteiger partial charge in [-0.3, -0.25) is 14.4 Å². The maximum absolute atomic E-state index is 12.3. The van der Waals surface area contributed by atoms with Crippen LogP contribution >= 0.6 is 23.2 Å². The average molecular weight is 310 g/mol. The number of nitrogens with zero attached hydrogens (tertiary/aromatic N) is 1. The predicted molar refractivity (Wildman–Crippen MR) is 76.1 cm³/mol. The first kappa shape index (κ1) is 13.4. The summed E-state index contributed by atoms with van der Waals surface area (Å²) in [6.07, 6.45) is 0. The second-order valence-corrected chi connectivity index (χ2v) is 5.08. The Kier molecular flexibility index (Phi) is 3.17. The average Bonchev–Trinajstić information content (AvgIpc) is 2.43. The van der Waals surface area contributed by atoms with Crippen molar-refractivity contribution in [1.29, 1.82) is 0 Å². The molecule has 0 aromatic heterocycles. The van der Waals surface area contributed by atoms with Crippen LogP contribution in [0.2, 0.25) is 10.0 Å². The van der Waals surface area contributed by atoms with Gasteiger partial charge in [0.15, 0.2) is 0 Å². The highest BCUT2D eigenvalue weighted by molar-refractivity contribution is 6.44. The zero-order valence-electron chi connectivity index (χ0n) is 10.4. The van der Waals surface area contributed by atoms with Gasteiger partial charge >= 0.3 is 0 Å². The van der Waals surface area contributed by atoms with Crippen LogP contribution in [-0.2, 0) is 4.84 Å². The van der Waals surface area contributed by atoms with Gasteiger partial charge in [0, 0.05) is 20.8 Å². The van der Waals surface area contributed by atoms with Gasteiger partial charge in [0.05, 0.1) is 17.7 Å². The lowest BCUT2D eigenvalue weighted by molar-refractivity contribution is -0.0903. The van der Waals surface area contributed by atoms with Crippen molar-refractivity contribution in [3.63, 3.8) is 0 Å². The molecule has 102 valence electrons. The molecule has 0 fully saturated rings. The monoisotopic (exact) mass is 309 g/mol. The molecule has 0 bridgehead atoms. The Bertz CT molecular complexity index is 701. The molecule has 1 heterocycles. The van der Waals surface area contributed by atoms with Gasteiger partial charge in [0.2, 0.25) is 0 Å². The number of carbonyl (C=O) groups excluding carboxylic acids is 2. The van der Waals surface area contributed by atoms with Crippen molar-refractivity contribution >= 4 is 45.8 Å². The van der Waals surface area contributed by atoms with Crippen LogP contribution in [0, 0.1) is 0 Å². The first-order valence-electron chi connectivity index (χ1n) is 5.98. The smallest absolute Gasteiger partial charge is 0.266 e. The third-order valence-corrected chi connectivity index (χ3v) is 3.78. The Morgan fingerprint density at radius 2 is 1.45 bits per heavy atom. The molecule has 2 aromatic carbocycles. The summed E-state index contributed by atoms with van der Waals surface area (Å²) < 4.78 is 0. The Morgan fingerprint density at radius 1 is 0.950 bits per heavy atom. The molecule has 0 saturated carbocycles. The molecule has 0 unspecified atom stereocenters. The minimum Gasteiger partial charge on any atom is -0.266 e. The molecule has 0 atom stereocenters. The second-order valence-electron chi connectivity index (χ2n) is 4.26. The number of carbonyl (C=O) groups is 2. The Balaban J connectivity index is 2.39. The van der Waals surface area contributed by atoms with Gasteiger partial charge in [0.25, 0.3) is 11.8 Å². The highest BCUT2D eigenvalue weighted by Gasteiger charge is 2.34. The van der Waals surface area contributed by atoms with Crippen LogP contribution in [-0.4, -0.2) is 23.5 Å². The van der Waals surface area contributed by atoms with E-state index < -0.39 is 11.8 Å². The van der Waals surface area contributed by atoms with Crippen LogP contribution in [0.25, 0.3) is 10.8 Å². The van der Waals surface area contributed by atoms with Crippen LogP contribution in [0.5, 0.6) is 0 Å². The molecular weight excluding hydrogens is 301 g/mol. The van der Waals surface area contributed by atoms with Crippen LogP contribution in [0.3, 0.4) is 0 Å². The molecule has 1 aliphatic rings. The summed E-state index contributed by atoms with van der Waals surface area (Å²) in [5.41, 5.74) is 0.713. The summed E-state index contributed by atoms with van der Waals surface area (Å²) in [5, 5.41) is 2.58. The number of hydroxylamine groups is 2. The van der Waals surface area contributed by atoms with Crippen molar-refractivity contribution < 1.29 is 14.4 Å². The Hall–Kier alpha value is -1.62. The number of hydrogen-bond donors (Lipinski definition) is 0. The van der Waals surface area contributed by atoms with Gasteiger partial charge in [-0.2, -0.15) is 0 Å². The fraction of sp³-hybridized carbons (Fsp3) is 0.143. The number of imide groups is 1. The molecule has 1 aliphatic heterocycles. The largest absolute Gasteiger partial charge is 0.285 e. The van der Waals surface area contributed by atoms with E-state index in [-0.39, 0.29) is 6.61 Å². The molecule has 0 saturated heterocycles. The third kappa shape index (κ3) is 1.73. The highest BCUT2D eigenvalue weighted by atomic mass is 35.5. The molecule has 20 heavy (non-hydrogen) atoms. The molecule has 4 nitrogen and oxygen atoms in total. The zero-order chi connectivity index (χ0) is 14.4. The topological polar surface area (TPSA) is 46.6 Å². The number of rotatable bonds is 2. The van der Waals surface area contributed by atoms with Gasteiger partial charge in [0.1, 0.15) is 0 Å². The Labute approximate surface area is 124 Å². The summed E-state index contributed by atoms with van der Waals surface area (Å²) in [5.74, 6) is -1.01. The lowest BCUT2D eigenvalue weighted by Gasteiger charge is -2.26. The van der Waals surface area contributed by atoms with Crippen LogP contribution in [0.1, 0.15) is 27.6 Å². The van der Waals surface area contributed by atoms with Crippen molar-refractivity contribution in [2.45, 2.75) is 6.92 Å². The summed E-state index contributed by atoms with van der Waals surface area (Å²) >= 11 is 12.3. The second kappa shape index (κ2) is 4.74. The van der Waals surface area contributed by atoms with E-state index >= 15 is 0 Å². The predicted octanol–water partition coefficient (Wildman–Crippen LogP) is 3.69. The molecule has 0 spiro atoms. The van der Waals surface area contributed by atoms with Crippen LogP contribution < -0.4 is 0 Å². The normalized spacial score (nSPS) is 14.2. The standard InChI is InChI=1S/C14H9Cl2NO3/c1-2-20-17-13(18)7-3-5-9(15)12-10(16)6-4-8(11(7)12)14(17)19/h3-6H,2H2,1H3. The summed E-state index contributed by atoms with van der Waals surface area (Å²) in [4.78, 5) is 29.8. The lowest BCUT2D eigenvalue weighted by atomic mass is 9.95. The van der Waals surface area contributed by atoms with Gasteiger partial charge in [-0.15, -0.1) is 5.06 Å². The van der Waals surface area contributed by atoms with Crippen molar-refractivity contribution in [3.05, 3.63) is 45.4 Å². The lowest BCUT2D eigenvalue weighted by Crippen LogP contribution is -2.40. The van der Waals surface area contributed by atoms with Gasteiger partial charge in [-0.1, -0.05) is 23.2 Å². The molecule has 2 aromatic rings. The third-order valence-electron chi connectivity index (χ3n) is 3.15. The SMILES string of the molecule is CCON1C(=O)c2ccc(Cl)c3c(Cl)ccc(c23)C1=O. The maximum Gasteiger partial charge on any atom is 0.285 e. The summed E-state index contributed by atoms with van der Waals surface area (Å²) in [7, 11) is 0. The van der Waals surface area contributed by atoms with E-state index in [2.05, 4.69) is 0 Å². The zero-order valence-corrected chi connectivity index (χ0v) is 12.0. The molecule has 3 rings (SSSR count). The first-order valence-corrected chi connectivity index (χ1v) is 6.74.